The molecule has 0 bridgehead atoms. The van der Waals surface area contributed by atoms with Gasteiger partial charge in [-0.15, -0.1) is 0 Å². The van der Waals surface area contributed by atoms with Gasteiger partial charge in [0.25, 0.3) is 5.91 Å². The van der Waals surface area contributed by atoms with E-state index in [1.165, 1.54) is 28.5 Å². The van der Waals surface area contributed by atoms with Crippen LogP contribution in [-0.4, -0.2) is 59.1 Å². The van der Waals surface area contributed by atoms with Crippen molar-refractivity contribution in [2.45, 2.75) is 98.3 Å². The zero-order valence-corrected chi connectivity index (χ0v) is 26.2. The molecule has 0 unspecified atom stereocenters. The average molecular weight is 571 g/mol. The van der Waals surface area contributed by atoms with Crippen molar-refractivity contribution in [1.82, 2.24) is 16.1 Å². The van der Waals surface area contributed by atoms with E-state index in [0.717, 1.165) is 25.7 Å². The second-order valence-corrected chi connectivity index (χ2v) is 12.6. The molecule has 0 saturated carbocycles. The number of rotatable bonds is 17. The first-order chi connectivity index (χ1) is 17.8. The maximum Gasteiger partial charge on any atom is 0.408 e. The van der Waals surface area contributed by atoms with Gasteiger partial charge in [0.2, 0.25) is 5.91 Å². The third-order valence-electron chi connectivity index (χ3n) is 5.35. The largest absolute Gasteiger partial charge is 0.444 e. The maximum absolute atomic E-state index is 13.0. The van der Waals surface area contributed by atoms with Crippen molar-refractivity contribution in [2.75, 3.05) is 23.5 Å². The lowest BCUT2D eigenvalue weighted by Crippen LogP contribution is -2.56. The molecule has 0 aliphatic rings. The molecule has 0 rings (SSSR count). The SMILES string of the molecule is CSCC[C@@H](NC(=O)OC(C)(C)C)C(=O)N[C@@H](CSC/C=C(\C)CC/C=C(\C)CCC=C(C)C)C(=O)NN. The highest BCUT2D eigenvalue weighted by Crippen LogP contribution is 2.13. The second kappa shape index (κ2) is 20.1. The highest BCUT2D eigenvalue weighted by Gasteiger charge is 2.28. The number of nitrogens with one attached hydrogen (secondary N) is 3. The van der Waals surface area contributed by atoms with E-state index in [1.807, 2.05) is 6.26 Å². The predicted octanol–water partition coefficient (Wildman–Crippen LogP) is 5.26. The molecule has 8 nitrogen and oxygen atoms in total. The Morgan fingerprint density at radius 3 is 2.05 bits per heavy atom. The lowest BCUT2D eigenvalue weighted by molar-refractivity contribution is -0.129. The summed E-state index contributed by atoms with van der Waals surface area (Å²) in [7, 11) is 0. The summed E-state index contributed by atoms with van der Waals surface area (Å²) in [4.78, 5) is 37.5. The van der Waals surface area contributed by atoms with Gasteiger partial charge in [0.05, 0.1) is 0 Å². The standard InChI is InChI=1S/C28H50N4O4S2/c1-20(2)11-9-12-21(3)13-10-14-22(4)15-18-38-19-24(26(34)32-29)30-25(33)23(16-17-37-8)31-27(35)36-28(5,6)7/h11,13,15,23-24H,9-10,12,14,16-19,29H2,1-8H3,(H,30,33)(H,31,35)(H,32,34)/b21-13+,22-15+/t23-,24+/m1/s1. The summed E-state index contributed by atoms with van der Waals surface area (Å²) >= 11 is 3.09. The minimum atomic E-state index is -0.824. The normalized spacial score (nSPS) is 13.8. The van der Waals surface area contributed by atoms with Gasteiger partial charge in [-0.05, 0) is 92.6 Å². The molecule has 0 aliphatic carbocycles. The van der Waals surface area contributed by atoms with Crippen molar-refractivity contribution < 1.29 is 19.1 Å². The van der Waals surface area contributed by atoms with Gasteiger partial charge >= 0.3 is 6.09 Å². The number of carbonyl (C=O) groups is 3. The van der Waals surface area contributed by atoms with E-state index in [9.17, 15) is 14.4 Å². The molecule has 3 amide bonds. The van der Waals surface area contributed by atoms with Crippen molar-refractivity contribution in [3.8, 4) is 0 Å². The number of hydrogen-bond acceptors (Lipinski definition) is 7. The van der Waals surface area contributed by atoms with Crippen molar-refractivity contribution in [2.24, 2.45) is 5.84 Å². The molecule has 218 valence electrons. The first kappa shape index (κ1) is 36.1. The van der Waals surface area contributed by atoms with Crippen LogP contribution in [0.4, 0.5) is 4.79 Å². The third kappa shape index (κ3) is 19.2. The van der Waals surface area contributed by atoms with Gasteiger partial charge in [0, 0.05) is 11.5 Å². The Labute approximate surface area is 238 Å². The van der Waals surface area contributed by atoms with Gasteiger partial charge in [-0.25, -0.2) is 10.6 Å². The second-order valence-electron chi connectivity index (χ2n) is 10.5. The summed E-state index contributed by atoms with van der Waals surface area (Å²) in [5.74, 6) is 6.15. The maximum atomic E-state index is 13.0. The molecule has 0 heterocycles. The van der Waals surface area contributed by atoms with Crippen LogP contribution in [0.25, 0.3) is 0 Å². The molecule has 0 aliphatic heterocycles. The van der Waals surface area contributed by atoms with E-state index in [0.29, 0.717) is 23.7 Å². The summed E-state index contributed by atoms with van der Waals surface area (Å²) in [6.07, 6.45) is 12.5. The fraction of sp³-hybridized carbons (Fsp3) is 0.679. The number of amides is 3. The number of nitrogens with two attached hydrogens (primary N) is 1. The Hall–Kier alpha value is -1.91. The van der Waals surface area contributed by atoms with Crippen molar-refractivity contribution >= 4 is 41.4 Å². The van der Waals surface area contributed by atoms with Crippen molar-refractivity contribution in [3.63, 3.8) is 0 Å². The molecule has 0 radical (unpaired) electrons. The fourth-order valence-corrected chi connectivity index (χ4v) is 4.72. The molecule has 10 heteroatoms. The zero-order chi connectivity index (χ0) is 29.1. The van der Waals surface area contributed by atoms with Crippen LogP contribution in [-0.2, 0) is 14.3 Å². The topological polar surface area (TPSA) is 123 Å². The fourth-order valence-electron chi connectivity index (χ4n) is 3.24. The monoisotopic (exact) mass is 570 g/mol. The molecule has 38 heavy (non-hydrogen) atoms. The molecule has 5 N–H and O–H groups in total. The van der Waals surface area contributed by atoms with E-state index in [1.54, 1.807) is 32.5 Å². The van der Waals surface area contributed by atoms with Crippen LogP contribution in [0, 0.1) is 0 Å². The molecule has 0 saturated heterocycles. The minimum Gasteiger partial charge on any atom is -0.444 e. The van der Waals surface area contributed by atoms with Gasteiger partial charge in [-0.2, -0.15) is 23.5 Å². The van der Waals surface area contributed by atoms with Crippen LogP contribution >= 0.6 is 23.5 Å². The number of ether oxygens (including phenoxy) is 1. The Balaban J connectivity index is 4.87. The summed E-state index contributed by atoms with van der Waals surface area (Å²) in [5.41, 5.74) is 5.49. The van der Waals surface area contributed by atoms with E-state index < -0.39 is 35.6 Å². The first-order valence-electron chi connectivity index (χ1n) is 13.1. The van der Waals surface area contributed by atoms with Crippen molar-refractivity contribution in [1.29, 1.82) is 0 Å². The van der Waals surface area contributed by atoms with E-state index in [4.69, 9.17) is 10.6 Å². The Morgan fingerprint density at radius 1 is 0.895 bits per heavy atom. The van der Waals surface area contributed by atoms with Gasteiger partial charge in [0.1, 0.15) is 17.7 Å². The summed E-state index contributed by atoms with van der Waals surface area (Å²) in [6, 6.07) is -1.65. The van der Waals surface area contributed by atoms with E-state index >= 15 is 0 Å². The molecule has 0 spiro atoms. The zero-order valence-electron chi connectivity index (χ0n) is 24.6. The molecule has 2 atom stereocenters. The Morgan fingerprint density at radius 2 is 1.50 bits per heavy atom. The van der Waals surface area contributed by atoms with Crippen LogP contribution in [0.3, 0.4) is 0 Å². The van der Waals surface area contributed by atoms with E-state index in [2.05, 4.69) is 62.0 Å². The average Bonchev–Trinajstić information content (AvgIpc) is 2.81. The number of thioether (sulfide) groups is 2. The first-order valence-corrected chi connectivity index (χ1v) is 15.7. The number of carbonyl (C=O) groups excluding carboxylic acids is 3. The molecule has 0 fully saturated rings. The summed E-state index contributed by atoms with van der Waals surface area (Å²) in [6.45, 7) is 13.8. The Bertz CT molecular complexity index is 831. The number of hydrogen-bond donors (Lipinski definition) is 4. The van der Waals surface area contributed by atoms with Gasteiger partial charge in [-0.3, -0.25) is 15.0 Å². The van der Waals surface area contributed by atoms with E-state index in [-0.39, 0.29) is 0 Å². The van der Waals surface area contributed by atoms with Gasteiger partial charge < -0.3 is 15.4 Å². The van der Waals surface area contributed by atoms with Crippen LogP contribution in [0.15, 0.2) is 34.9 Å². The lowest BCUT2D eigenvalue weighted by atomic mass is 10.1. The molecular formula is C28H50N4O4S2. The predicted molar refractivity (Wildman–Crippen MR) is 163 cm³/mol. The number of hydrazine groups is 1. The number of allylic oxidation sites excluding steroid dienone is 5. The van der Waals surface area contributed by atoms with Crippen LogP contribution in [0.2, 0.25) is 0 Å². The van der Waals surface area contributed by atoms with Crippen LogP contribution in [0.1, 0.15) is 80.6 Å². The van der Waals surface area contributed by atoms with Crippen LogP contribution < -0.4 is 21.9 Å². The molecule has 0 aromatic rings. The molecule has 0 aromatic carbocycles. The third-order valence-corrected chi connectivity index (χ3v) is 6.97. The number of alkyl carbamates (subject to hydrolysis) is 1. The summed E-state index contributed by atoms with van der Waals surface area (Å²) in [5, 5.41) is 5.36. The van der Waals surface area contributed by atoms with Crippen LogP contribution in [0.5, 0.6) is 0 Å². The van der Waals surface area contributed by atoms with Gasteiger partial charge in [0.15, 0.2) is 0 Å². The van der Waals surface area contributed by atoms with Gasteiger partial charge in [-0.1, -0.05) is 34.9 Å². The lowest BCUT2D eigenvalue weighted by Gasteiger charge is -2.25. The highest BCUT2D eigenvalue weighted by molar-refractivity contribution is 7.99. The molecule has 0 aromatic heterocycles. The summed E-state index contributed by atoms with van der Waals surface area (Å²) < 4.78 is 5.29. The van der Waals surface area contributed by atoms with Crippen molar-refractivity contribution in [3.05, 3.63) is 34.9 Å². The molecular weight excluding hydrogens is 520 g/mol. The minimum absolute atomic E-state index is 0.351. The quantitative estimate of drug-likeness (QED) is 0.0618. The smallest absolute Gasteiger partial charge is 0.408 e. The Kier molecular flexibility index (Phi) is 19.0. The highest BCUT2D eigenvalue weighted by atomic mass is 32.2.